The predicted octanol–water partition coefficient (Wildman–Crippen LogP) is 2.11. The number of hydrogen-bond donors (Lipinski definition) is 2. The maximum absolute atomic E-state index is 14.2. The van der Waals surface area contributed by atoms with E-state index in [9.17, 15) is 18.4 Å². The number of carbonyl (C=O) groups is 2. The molecule has 1 aromatic carbocycles. The molecule has 0 spiro atoms. The van der Waals surface area contributed by atoms with Crippen molar-refractivity contribution in [2.75, 3.05) is 18.1 Å². The van der Waals surface area contributed by atoms with Gasteiger partial charge in [0.15, 0.2) is 0 Å². The molecule has 0 radical (unpaired) electrons. The number of nitrogens with one attached hydrogen (secondary N) is 1. The predicted molar refractivity (Wildman–Crippen MR) is 86.0 cm³/mol. The Morgan fingerprint density at radius 1 is 1.17 bits per heavy atom. The van der Waals surface area contributed by atoms with Crippen LogP contribution in [0.5, 0.6) is 0 Å². The first-order chi connectivity index (χ1) is 10.9. The quantitative estimate of drug-likeness (QED) is 0.797. The Kier molecular flexibility index (Phi) is 5.98. The molecule has 0 aromatic heterocycles. The molecule has 1 aromatic rings. The third-order valence-corrected chi connectivity index (χ3v) is 5.11. The van der Waals surface area contributed by atoms with Crippen LogP contribution in [0.15, 0.2) is 18.2 Å². The van der Waals surface area contributed by atoms with E-state index < -0.39 is 23.0 Å². The average Bonchev–Trinajstić information content (AvgIpc) is 2.94. The molecule has 1 saturated carbocycles. The van der Waals surface area contributed by atoms with Gasteiger partial charge in [-0.25, -0.2) is 8.78 Å². The van der Waals surface area contributed by atoms with E-state index in [-0.39, 0.29) is 29.5 Å². The second-order valence-electron chi connectivity index (χ2n) is 5.82. The first kappa shape index (κ1) is 17.7. The van der Waals surface area contributed by atoms with Crippen molar-refractivity contribution in [3.8, 4) is 0 Å². The van der Waals surface area contributed by atoms with Crippen LogP contribution in [-0.4, -0.2) is 29.9 Å². The highest BCUT2D eigenvalue weighted by molar-refractivity contribution is 8.00. The summed E-state index contributed by atoms with van der Waals surface area (Å²) in [6.45, 7) is 0.195. The molecule has 23 heavy (non-hydrogen) atoms. The Labute approximate surface area is 138 Å². The number of amides is 2. The minimum Gasteiger partial charge on any atom is -0.369 e. The molecule has 0 atom stereocenters. The van der Waals surface area contributed by atoms with E-state index in [1.165, 1.54) is 18.2 Å². The van der Waals surface area contributed by atoms with Gasteiger partial charge >= 0.3 is 0 Å². The first-order valence-corrected chi connectivity index (χ1v) is 8.67. The lowest BCUT2D eigenvalue weighted by Crippen LogP contribution is -2.41. The molecule has 2 amide bonds. The minimum absolute atomic E-state index is 0.0699. The standard InChI is InChI=1S/C16H20F2N2O2S/c17-11-4-3-5-12(18)15(11)16(6-1-2-7-16)10-20-14(22)9-23-8-13(19)21/h3-5H,1-2,6-10H2,(H2,19,21)(H,20,22). The number of rotatable bonds is 7. The summed E-state index contributed by atoms with van der Waals surface area (Å²) in [6, 6.07) is 3.85. The van der Waals surface area contributed by atoms with Gasteiger partial charge in [0.25, 0.3) is 0 Å². The van der Waals surface area contributed by atoms with Crippen LogP contribution in [0, 0.1) is 11.6 Å². The fraction of sp³-hybridized carbons (Fsp3) is 0.500. The lowest BCUT2D eigenvalue weighted by atomic mass is 9.78. The Morgan fingerprint density at radius 2 is 1.78 bits per heavy atom. The highest BCUT2D eigenvalue weighted by Gasteiger charge is 2.40. The molecule has 0 heterocycles. The van der Waals surface area contributed by atoms with E-state index >= 15 is 0 Å². The number of benzene rings is 1. The Hall–Kier alpha value is -1.63. The SMILES string of the molecule is NC(=O)CSCC(=O)NCC1(c2c(F)cccc2F)CCCC1. The van der Waals surface area contributed by atoms with Crippen molar-refractivity contribution < 1.29 is 18.4 Å². The largest absolute Gasteiger partial charge is 0.369 e. The minimum atomic E-state index is -0.695. The van der Waals surface area contributed by atoms with Crippen molar-refractivity contribution in [3.05, 3.63) is 35.4 Å². The summed E-state index contributed by atoms with van der Waals surface area (Å²) in [4.78, 5) is 22.5. The molecule has 7 heteroatoms. The van der Waals surface area contributed by atoms with E-state index in [0.717, 1.165) is 24.6 Å². The molecule has 0 saturated heterocycles. The molecular formula is C16H20F2N2O2S. The van der Waals surface area contributed by atoms with Gasteiger partial charge in [0, 0.05) is 17.5 Å². The van der Waals surface area contributed by atoms with Gasteiger partial charge in [-0.15, -0.1) is 11.8 Å². The van der Waals surface area contributed by atoms with Crippen molar-refractivity contribution in [2.45, 2.75) is 31.1 Å². The highest BCUT2D eigenvalue weighted by atomic mass is 32.2. The molecule has 0 bridgehead atoms. The van der Waals surface area contributed by atoms with Crippen molar-refractivity contribution in [3.63, 3.8) is 0 Å². The average molecular weight is 342 g/mol. The van der Waals surface area contributed by atoms with Gasteiger partial charge in [0.2, 0.25) is 11.8 Å². The van der Waals surface area contributed by atoms with Gasteiger partial charge in [0.1, 0.15) is 11.6 Å². The van der Waals surface area contributed by atoms with Crippen molar-refractivity contribution >= 4 is 23.6 Å². The van der Waals surface area contributed by atoms with Gasteiger partial charge < -0.3 is 11.1 Å². The number of hydrogen-bond acceptors (Lipinski definition) is 3. The smallest absolute Gasteiger partial charge is 0.230 e. The summed E-state index contributed by atoms with van der Waals surface area (Å²) in [5.74, 6) is -1.71. The summed E-state index contributed by atoms with van der Waals surface area (Å²) in [6.07, 6.45) is 3.03. The number of carbonyl (C=O) groups excluding carboxylic acids is 2. The second-order valence-corrected chi connectivity index (χ2v) is 6.81. The molecule has 0 aliphatic heterocycles. The summed E-state index contributed by atoms with van der Waals surface area (Å²) in [5.41, 5.74) is 4.38. The molecular weight excluding hydrogens is 322 g/mol. The maximum atomic E-state index is 14.2. The van der Waals surface area contributed by atoms with E-state index in [0.29, 0.717) is 12.8 Å². The monoisotopic (exact) mass is 342 g/mol. The van der Waals surface area contributed by atoms with Gasteiger partial charge in [-0.1, -0.05) is 18.9 Å². The zero-order valence-electron chi connectivity index (χ0n) is 12.7. The number of thioether (sulfide) groups is 1. The lowest BCUT2D eigenvalue weighted by Gasteiger charge is -2.30. The van der Waals surface area contributed by atoms with Crippen LogP contribution in [0.3, 0.4) is 0 Å². The molecule has 3 N–H and O–H groups in total. The van der Waals surface area contributed by atoms with Crippen LogP contribution in [-0.2, 0) is 15.0 Å². The summed E-state index contributed by atoms with van der Waals surface area (Å²) in [7, 11) is 0. The van der Waals surface area contributed by atoms with E-state index in [2.05, 4.69) is 5.32 Å². The van der Waals surface area contributed by atoms with Crippen LogP contribution in [0.4, 0.5) is 8.78 Å². The molecule has 1 aliphatic rings. The summed E-state index contributed by atoms with van der Waals surface area (Å²) in [5, 5.41) is 2.75. The normalized spacial score (nSPS) is 16.3. The zero-order chi connectivity index (χ0) is 16.9. The van der Waals surface area contributed by atoms with Gasteiger partial charge in [0.05, 0.1) is 11.5 Å². The van der Waals surface area contributed by atoms with Crippen molar-refractivity contribution in [1.82, 2.24) is 5.32 Å². The maximum Gasteiger partial charge on any atom is 0.230 e. The number of nitrogens with two attached hydrogens (primary N) is 1. The molecule has 1 fully saturated rings. The van der Waals surface area contributed by atoms with Crippen molar-refractivity contribution in [2.24, 2.45) is 5.73 Å². The van der Waals surface area contributed by atoms with Crippen LogP contribution in [0.25, 0.3) is 0 Å². The second kappa shape index (κ2) is 7.77. The van der Waals surface area contributed by atoms with Gasteiger partial charge in [-0.3, -0.25) is 9.59 Å². The lowest BCUT2D eigenvalue weighted by molar-refractivity contribution is -0.118. The molecule has 1 aliphatic carbocycles. The van der Waals surface area contributed by atoms with Crippen LogP contribution in [0.1, 0.15) is 31.2 Å². The molecule has 4 nitrogen and oxygen atoms in total. The summed E-state index contributed by atoms with van der Waals surface area (Å²) < 4.78 is 28.3. The third-order valence-electron chi connectivity index (χ3n) is 4.16. The summed E-state index contributed by atoms with van der Waals surface area (Å²) >= 11 is 1.12. The number of halogens is 2. The Balaban J connectivity index is 2.04. The van der Waals surface area contributed by atoms with Crippen LogP contribution >= 0.6 is 11.8 Å². The van der Waals surface area contributed by atoms with Gasteiger partial charge in [-0.2, -0.15) is 0 Å². The number of primary amides is 1. The van der Waals surface area contributed by atoms with E-state index in [4.69, 9.17) is 5.73 Å². The van der Waals surface area contributed by atoms with Gasteiger partial charge in [-0.05, 0) is 25.0 Å². The third kappa shape index (κ3) is 4.43. The van der Waals surface area contributed by atoms with Crippen LogP contribution in [0.2, 0.25) is 0 Å². The Morgan fingerprint density at radius 3 is 2.35 bits per heavy atom. The molecule has 2 rings (SSSR count). The highest BCUT2D eigenvalue weighted by Crippen LogP contribution is 2.42. The fourth-order valence-corrected chi connectivity index (χ4v) is 3.73. The molecule has 0 unspecified atom stereocenters. The van der Waals surface area contributed by atoms with Crippen molar-refractivity contribution in [1.29, 1.82) is 0 Å². The molecule has 126 valence electrons. The van der Waals surface area contributed by atoms with E-state index in [1.807, 2.05) is 0 Å². The van der Waals surface area contributed by atoms with Crippen LogP contribution < -0.4 is 11.1 Å². The first-order valence-electron chi connectivity index (χ1n) is 7.52. The zero-order valence-corrected chi connectivity index (χ0v) is 13.6. The van der Waals surface area contributed by atoms with E-state index in [1.54, 1.807) is 0 Å². The fourth-order valence-electron chi connectivity index (χ4n) is 3.13. The Bertz CT molecular complexity index is 569. The topological polar surface area (TPSA) is 72.2 Å².